The van der Waals surface area contributed by atoms with Crippen LogP contribution in [0, 0.1) is 11.3 Å². The number of phenols is 1. The van der Waals surface area contributed by atoms with E-state index in [2.05, 4.69) is 11.9 Å². The van der Waals surface area contributed by atoms with Gasteiger partial charge < -0.3 is 15.2 Å². The average Bonchev–Trinajstić information content (AvgIpc) is 2.62. The number of rotatable bonds is 6. The Morgan fingerprint density at radius 1 is 1.36 bits per heavy atom. The van der Waals surface area contributed by atoms with Crippen LogP contribution in [-0.2, 0) is 11.2 Å². The van der Waals surface area contributed by atoms with E-state index >= 15 is 0 Å². The van der Waals surface area contributed by atoms with Crippen molar-refractivity contribution in [3.8, 4) is 17.6 Å². The number of carbonyl (C=O) groups excluding carboxylic acids is 1. The lowest BCUT2D eigenvalue weighted by Gasteiger charge is -2.10. The predicted octanol–water partition coefficient (Wildman–Crippen LogP) is 3.67. The molecule has 0 atom stereocenters. The van der Waals surface area contributed by atoms with Gasteiger partial charge in [0, 0.05) is 11.3 Å². The Morgan fingerprint density at radius 3 is 2.68 bits per heavy atom. The van der Waals surface area contributed by atoms with Crippen LogP contribution in [0.3, 0.4) is 0 Å². The first-order valence-corrected chi connectivity index (χ1v) is 7.58. The minimum atomic E-state index is -0.508. The second-order valence-electron chi connectivity index (χ2n) is 5.21. The molecule has 2 rings (SSSR count). The summed E-state index contributed by atoms with van der Waals surface area (Å²) in [6.45, 7) is 3.65. The number of anilines is 1. The van der Waals surface area contributed by atoms with Crippen molar-refractivity contribution in [3.05, 3.63) is 71.8 Å². The number of nitriles is 1. The van der Waals surface area contributed by atoms with Crippen molar-refractivity contribution in [2.75, 3.05) is 12.4 Å². The van der Waals surface area contributed by atoms with E-state index in [-0.39, 0.29) is 17.1 Å². The van der Waals surface area contributed by atoms with Crippen LogP contribution in [0.25, 0.3) is 6.08 Å². The van der Waals surface area contributed by atoms with Crippen LogP contribution in [0.1, 0.15) is 11.1 Å². The van der Waals surface area contributed by atoms with Gasteiger partial charge in [0.1, 0.15) is 11.6 Å². The van der Waals surface area contributed by atoms with E-state index in [1.165, 1.54) is 13.2 Å². The number of hydrogen-bond donors (Lipinski definition) is 2. The van der Waals surface area contributed by atoms with Crippen molar-refractivity contribution in [2.45, 2.75) is 6.42 Å². The highest BCUT2D eigenvalue weighted by Crippen LogP contribution is 2.32. The number of hydrogen-bond acceptors (Lipinski definition) is 4. The molecule has 0 fully saturated rings. The van der Waals surface area contributed by atoms with Gasteiger partial charge in [-0.2, -0.15) is 5.26 Å². The van der Waals surface area contributed by atoms with Crippen molar-refractivity contribution >= 4 is 17.7 Å². The van der Waals surface area contributed by atoms with Crippen molar-refractivity contribution in [3.63, 3.8) is 0 Å². The van der Waals surface area contributed by atoms with E-state index in [0.29, 0.717) is 23.2 Å². The van der Waals surface area contributed by atoms with Gasteiger partial charge in [0.25, 0.3) is 5.91 Å². The van der Waals surface area contributed by atoms with Gasteiger partial charge >= 0.3 is 0 Å². The monoisotopic (exact) mass is 334 g/mol. The van der Waals surface area contributed by atoms with Crippen LogP contribution in [0.5, 0.6) is 11.5 Å². The average molecular weight is 334 g/mol. The molecule has 0 heterocycles. The van der Waals surface area contributed by atoms with Crippen LogP contribution >= 0.6 is 0 Å². The van der Waals surface area contributed by atoms with Gasteiger partial charge in [0.05, 0.1) is 7.11 Å². The van der Waals surface area contributed by atoms with Crippen molar-refractivity contribution < 1.29 is 14.6 Å². The topological polar surface area (TPSA) is 82.4 Å². The van der Waals surface area contributed by atoms with E-state index in [0.717, 1.165) is 0 Å². The summed E-state index contributed by atoms with van der Waals surface area (Å²) in [7, 11) is 1.44. The van der Waals surface area contributed by atoms with Gasteiger partial charge in [-0.3, -0.25) is 4.79 Å². The number of benzene rings is 2. The molecule has 2 aromatic carbocycles. The Balaban J connectivity index is 2.35. The van der Waals surface area contributed by atoms with Crippen LogP contribution in [0.2, 0.25) is 0 Å². The third-order valence-corrected chi connectivity index (χ3v) is 3.47. The summed E-state index contributed by atoms with van der Waals surface area (Å²) in [6.07, 6.45) is 3.53. The number of phenolic OH excluding ortho intramolecular Hbond substituents is 1. The molecule has 2 aromatic rings. The van der Waals surface area contributed by atoms with E-state index in [1.807, 2.05) is 12.1 Å². The second-order valence-corrected chi connectivity index (χ2v) is 5.21. The number of nitrogens with zero attached hydrogens (tertiary/aromatic N) is 1. The van der Waals surface area contributed by atoms with Crippen LogP contribution in [0.15, 0.2) is 60.7 Å². The second kappa shape index (κ2) is 8.37. The Labute approximate surface area is 146 Å². The molecule has 0 spiro atoms. The molecule has 0 radical (unpaired) electrons. The molecule has 5 nitrogen and oxygen atoms in total. The van der Waals surface area contributed by atoms with Crippen LogP contribution < -0.4 is 10.1 Å². The summed E-state index contributed by atoms with van der Waals surface area (Å²) in [6, 6.07) is 14.0. The normalized spacial score (nSPS) is 10.6. The fourth-order valence-corrected chi connectivity index (χ4v) is 2.27. The maximum Gasteiger partial charge on any atom is 0.266 e. The summed E-state index contributed by atoms with van der Waals surface area (Å²) < 4.78 is 5.15. The Hall–Kier alpha value is -3.52. The maximum absolute atomic E-state index is 12.3. The number of nitrogens with one attached hydrogen (secondary N) is 1. The molecule has 0 saturated carbocycles. The molecule has 0 saturated heterocycles. The zero-order valence-electron chi connectivity index (χ0n) is 13.8. The third-order valence-electron chi connectivity index (χ3n) is 3.47. The molecule has 0 aromatic heterocycles. The number of methoxy groups -OCH3 is 1. The molecule has 0 unspecified atom stereocenters. The fraction of sp³-hybridized carbons (Fsp3) is 0.100. The number of para-hydroxylation sites is 1. The lowest BCUT2D eigenvalue weighted by atomic mass is 10.0. The first kappa shape index (κ1) is 17.8. The summed E-state index contributed by atoms with van der Waals surface area (Å²) >= 11 is 0. The van der Waals surface area contributed by atoms with Crippen molar-refractivity contribution in [1.29, 1.82) is 5.26 Å². The highest BCUT2D eigenvalue weighted by Gasteiger charge is 2.13. The molecular weight excluding hydrogens is 316 g/mol. The van der Waals surface area contributed by atoms with Crippen LogP contribution in [0.4, 0.5) is 5.69 Å². The number of carbonyl (C=O) groups is 1. The smallest absolute Gasteiger partial charge is 0.266 e. The van der Waals surface area contributed by atoms with Gasteiger partial charge in [-0.05, 0) is 42.3 Å². The van der Waals surface area contributed by atoms with Gasteiger partial charge in [-0.15, -0.1) is 6.58 Å². The van der Waals surface area contributed by atoms with Gasteiger partial charge in [-0.1, -0.05) is 24.3 Å². The molecule has 126 valence electrons. The van der Waals surface area contributed by atoms with E-state index < -0.39 is 5.91 Å². The highest BCUT2D eigenvalue weighted by molar-refractivity contribution is 6.09. The molecule has 25 heavy (non-hydrogen) atoms. The summed E-state index contributed by atoms with van der Waals surface area (Å²) in [5.74, 6) is -0.218. The third kappa shape index (κ3) is 4.49. The van der Waals surface area contributed by atoms with Crippen molar-refractivity contribution in [2.24, 2.45) is 0 Å². The molecule has 1 amide bonds. The minimum absolute atomic E-state index is 0.0202. The van der Waals surface area contributed by atoms with E-state index in [4.69, 9.17) is 4.74 Å². The summed E-state index contributed by atoms with van der Waals surface area (Å²) in [5, 5.41) is 22.1. The number of ether oxygens (including phenoxy) is 1. The predicted molar refractivity (Wildman–Crippen MR) is 97.2 cm³/mol. The molecule has 0 aliphatic heterocycles. The first-order chi connectivity index (χ1) is 12.1. The summed E-state index contributed by atoms with van der Waals surface area (Å²) in [4.78, 5) is 12.3. The fourth-order valence-electron chi connectivity index (χ4n) is 2.27. The molecular formula is C20H18N2O3. The van der Waals surface area contributed by atoms with Gasteiger partial charge in [-0.25, -0.2) is 0 Å². The maximum atomic E-state index is 12.3. The highest BCUT2D eigenvalue weighted by atomic mass is 16.5. The number of allylic oxidation sites excluding steroid dienone is 1. The van der Waals surface area contributed by atoms with Crippen molar-refractivity contribution in [1.82, 2.24) is 0 Å². The Morgan fingerprint density at radius 2 is 2.08 bits per heavy atom. The SMILES string of the molecule is C=CCc1cc(/C=C(\C#N)C(=O)Nc2ccccc2)cc(OC)c1O. The largest absolute Gasteiger partial charge is 0.504 e. The molecule has 2 N–H and O–H groups in total. The molecule has 0 aliphatic rings. The van der Waals surface area contributed by atoms with Crippen LogP contribution in [-0.4, -0.2) is 18.1 Å². The zero-order chi connectivity index (χ0) is 18.2. The Bertz CT molecular complexity index is 849. The van der Waals surface area contributed by atoms with Gasteiger partial charge in [0.2, 0.25) is 0 Å². The molecule has 0 bridgehead atoms. The minimum Gasteiger partial charge on any atom is -0.504 e. The molecule has 0 aliphatic carbocycles. The number of aromatic hydroxyl groups is 1. The van der Waals surface area contributed by atoms with Gasteiger partial charge in [0.15, 0.2) is 11.5 Å². The lowest BCUT2D eigenvalue weighted by molar-refractivity contribution is -0.112. The Kier molecular flexibility index (Phi) is 5.97. The summed E-state index contributed by atoms with van der Waals surface area (Å²) in [5.41, 5.74) is 1.72. The molecule has 5 heteroatoms. The van der Waals surface area contributed by atoms with E-state index in [1.54, 1.807) is 42.5 Å². The standard InChI is InChI=1S/C20H18N2O3/c1-3-7-15-10-14(12-18(25-2)19(15)23)11-16(13-21)20(24)22-17-8-5-4-6-9-17/h3-6,8-12,23H,1,7H2,2H3,(H,22,24)/b16-11+. The van der Waals surface area contributed by atoms with E-state index in [9.17, 15) is 15.2 Å². The number of amides is 1. The first-order valence-electron chi connectivity index (χ1n) is 7.58. The lowest BCUT2D eigenvalue weighted by Crippen LogP contribution is -2.13. The quantitative estimate of drug-likeness (QED) is 0.480. The zero-order valence-corrected chi connectivity index (χ0v) is 13.8.